The van der Waals surface area contributed by atoms with Crippen LogP contribution in [0.3, 0.4) is 0 Å². The van der Waals surface area contributed by atoms with Crippen LogP contribution in [0.5, 0.6) is 0 Å². The summed E-state index contributed by atoms with van der Waals surface area (Å²) < 4.78 is 0. The van der Waals surface area contributed by atoms with E-state index in [1.807, 2.05) is 0 Å². The van der Waals surface area contributed by atoms with Crippen molar-refractivity contribution < 1.29 is 9.59 Å². The SMILES string of the molecule is CN1C(=O)C=C=CC1=O. The van der Waals surface area contributed by atoms with E-state index in [9.17, 15) is 9.59 Å². The van der Waals surface area contributed by atoms with E-state index in [0.717, 1.165) is 4.90 Å². The predicted molar refractivity (Wildman–Crippen MR) is 30.4 cm³/mol. The monoisotopic (exact) mass is 123 g/mol. The molecule has 0 saturated carbocycles. The highest BCUT2D eigenvalue weighted by molar-refractivity contribution is 6.07. The molecule has 0 aromatic rings. The molecule has 0 unspecified atom stereocenters. The Balaban J connectivity index is 2.99. The molecule has 0 aliphatic carbocycles. The van der Waals surface area contributed by atoms with Crippen LogP contribution in [-0.2, 0) is 9.59 Å². The van der Waals surface area contributed by atoms with Crippen molar-refractivity contribution in [3.63, 3.8) is 0 Å². The highest BCUT2D eigenvalue weighted by atomic mass is 16.2. The minimum atomic E-state index is -0.317. The number of nitrogens with zero attached hydrogens (tertiary/aromatic N) is 1. The van der Waals surface area contributed by atoms with Crippen LogP contribution in [-0.4, -0.2) is 23.8 Å². The van der Waals surface area contributed by atoms with Crippen LogP contribution < -0.4 is 0 Å². The van der Waals surface area contributed by atoms with Crippen molar-refractivity contribution in [3.05, 3.63) is 17.9 Å². The van der Waals surface area contributed by atoms with Gasteiger partial charge in [0.1, 0.15) is 0 Å². The van der Waals surface area contributed by atoms with Gasteiger partial charge in [-0.2, -0.15) is 0 Å². The van der Waals surface area contributed by atoms with Gasteiger partial charge in [-0.25, -0.2) is 0 Å². The Kier molecular flexibility index (Phi) is 1.21. The Labute approximate surface area is 52.3 Å². The maximum absolute atomic E-state index is 10.6. The maximum atomic E-state index is 10.6. The van der Waals surface area contributed by atoms with E-state index in [0.29, 0.717) is 0 Å². The first-order chi connectivity index (χ1) is 4.22. The largest absolute Gasteiger partial charge is 0.277 e. The lowest BCUT2D eigenvalue weighted by Crippen LogP contribution is -2.31. The van der Waals surface area contributed by atoms with Crippen molar-refractivity contribution >= 4 is 11.8 Å². The molecule has 3 nitrogen and oxygen atoms in total. The van der Waals surface area contributed by atoms with Crippen LogP contribution in [0.1, 0.15) is 0 Å². The van der Waals surface area contributed by atoms with Gasteiger partial charge in [0, 0.05) is 19.2 Å². The summed E-state index contributed by atoms with van der Waals surface area (Å²) in [4.78, 5) is 22.2. The molecule has 0 aromatic carbocycles. The lowest BCUT2D eigenvalue weighted by Gasteiger charge is -2.10. The first kappa shape index (κ1) is 5.79. The molecular weight excluding hydrogens is 118 g/mol. The summed E-state index contributed by atoms with van der Waals surface area (Å²) in [6, 6.07) is 0. The van der Waals surface area contributed by atoms with Crippen LogP contribution in [0.2, 0.25) is 0 Å². The predicted octanol–water partition coefficient (Wildman–Crippen LogP) is -0.304. The van der Waals surface area contributed by atoms with Crippen molar-refractivity contribution in [3.8, 4) is 0 Å². The Bertz CT molecular complexity index is 203. The van der Waals surface area contributed by atoms with Crippen LogP contribution in [0.4, 0.5) is 0 Å². The fourth-order valence-electron chi connectivity index (χ4n) is 0.486. The molecule has 0 spiro atoms. The third kappa shape index (κ3) is 0.902. The topological polar surface area (TPSA) is 37.4 Å². The first-order valence-electron chi connectivity index (χ1n) is 2.46. The molecule has 2 amide bonds. The molecule has 0 fully saturated rings. The summed E-state index contributed by atoms with van der Waals surface area (Å²) >= 11 is 0. The Morgan fingerprint density at radius 2 is 1.78 bits per heavy atom. The molecule has 0 bridgehead atoms. The van der Waals surface area contributed by atoms with E-state index in [2.05, 4.69) is 5.73 Å². The number of carbonyl (C=O) groups excluding carboxylic acids is 2. The molecule has 1 aliphatic rings. The minimum Gasteiger partial charge on any atom is -0.277 e. The molecule has 1 heterocycles. The Hall–Kier alpha value is -1.34. The fraction of sp³-hybridized carbons (Fsp3) is 0.167. The molecule has 0 saturated heterocycles. The second-order valence-electron chi connectivity index (χ2n) is 1.69. The zero-order valence-corrected chi connectivity index (χ0v) is 4.92. The Morgan fingerprint density at radius 1 is 1.33 bits per heavy atom. The molecular formula is C6H5NO2. The third-order valence-corrected chi connectivity index (χ3v) is 1.07. The summed E-state index contributed by atoms with van der Waals surface area (Å²) in [6.45, 7) is 0. The number of amides is 2. The highest BCUT2D eigenvalue weighted by Gasteiger charge is 2.13. The van der Waals surface area contributed by atoms with Gasteiger partial charge in [-0.05, 0) is 0 Å². The average molecular weight is 123 g/mol. The third-order valence-electron chi connectivity index (χ3n) is 1.07. The van der Waals surface area contributed by atoms with E-state index in [1.54, 1.807) is 0 Å². The van der Waals surface area contributed by atoms with Crippen molar-refractivity contribution in [2.24, 2.45) is 0 Å². The zero-order valence-electron chi connectivity index (χ0n) is 4.92. The molecule has 9 heavy (non-hydrogen) atoms. The van der Waals surface area contributed by atoms with Crippen LogP contribution in [0.15, 0.2) is 17.9 Å². The van der Waals surface area contributed by atoms with E-state index in [-0.39, 0.29) is 11.8 Å². The molecule has 0 radical (unpaired) electrons. The van der Waals surface area contributed by atoms with Crippen molar-refractivity contribution in [1.82, 2.24) is 4.90 Å². The van der Waals surface area contributed by atoms with Gasteiger partial charge in [-0.1, -0.05) is 0 Å². The van der Waals surface area contributed by atoms with E-state index >= 15 is 0 Å². The van der Waals surface area contributed by atoms with Crippen LogP contribution >= 0.6 is 0 Å². The standard InChI is InChI=1S/C6H5NO2/c1-7-5(8)3-2-4-6(7)9/h3-4H,1H3. The summed E-state index contributed by atoms with van der Waals surface area (Å²) in [5.41, 5.74) is 2.42. The van der Waals surface area contributed by atoms with Crippen molar-refractivity contribution in [1.29, 1.82) is 0 Å². The summed E-state index contributed by atoms with van der Waals surface area (Å²) in [5, 5.41) is 0. The number of imide groups is 1. The average Bonchev–Trinajstić information content (AvgIpc) is 1.83. The van der Waals surface area contributed by atoms with Crippen LogP contribution in [0, 0.1) is 0 Å². The van der Waals surface area contributed by atoms with Gasteiger partial charge >= 0.3 is 0 Å². The molecule has 3 heteroatoms. The van der Waals surface area contributed by atoms with E-state index in [4.69, 9.17) is 0 Å². The summed E-state index contributed by atoms with van der Waals surface area (Å²) in [7, 11) is 1.43. The fourth-order valence-corrected chi connectivity index (χ4v) is 0.486. The minimum absolute atomic E-state index is 0.317. The van der Waals surface area contributed by atoms with Crippen molar-refractivity contribution in [2.45, 2.75) is 0 Å². The normalized spacial score (nSPS) is 17.2. The molecule has 0 aromatic heterocycles. The van der Waals surface area contributed by atoms with Crippen LogP contribution in [0.25, 0.3) is 0 Å². The van der Waals surface area contributed by atoms with Crippen molar-refractivity contribution in [2.75, 3.05) is 7.05 Å². The first-order valence-corrected chi connectivity index (χ1v) is 2.46. The number of rotatable bonds is 0. The van der Waals surface area contributed by atoms with Gasteiger partial charge in [-0.15, -0.1) is 5.73 Å². The summed E-state index contributed by atoms with van der Waals surface area (Å²) in [5.74, 6) is -0.634. The number of carbonyl (C=O) groups is 2. The lowest BCUT2D eigenvalue weighted by atomic mass is 10.3. The smallest absolute Gasteiger partial charge is 0.260 e. The molecule has 46 valence electrons. The molecule has 0 atom stereocenters. The van der Waals surface area contributed by atoms with Gasteiger partial charge in [0.15, 0.2) is 0 Å². The zero-order chi connectivity index (χ0) is 6.85. The second kappa shape index (κ2) is 1.88. The maximum Gasteiger partial charge on any atom is 0.260 e. The second-order valence-corrected chi connectivity index (χ2v) is 1.69. The van der Waals surface area contributed by atoms with Gasteiger partial charge in [0.05, 0.1) is 0 Å². The number of hydrogen-bond acceptors (Lipinski definition) is 2. The summed E-state index contributed by atoms with van der Waals surface area (Å²) in [6.07, 6.45) is 2.45. The van der Waals surface area contributed by atoms with E-state index in [1.165, 1.54) is 19.2 Å². The quantitative estimate of drug-likeness (QED) is 0.327. The molecule has 0 N–H and O–H groups in total. The lowest BCUT2D eigenvalue weighted by molar-refractivity contribution is -0.137. The molecule has 1 rings (SSSR count). The van der Waals surface area contributed by atoms with Gasteiger partial charge in [-0.3, -0.25) is 14.5 Å². The van der Waals surface area contributed by atoms with Gasteiger partial charge < -0.3 is 0 Å². The molecule has 1 aliphatic heterocycles. The Morgan fingerprint density at radius 3 is 2.11 bits per heavy atom. The van der Waals surface area contributed by atoms with Gasteiger partial charge in [0.2, 0.25) is 0 Å². The highest BCUT2D eigenvalue weighted by Crippen LogP contribution is 1.93. The number of likely N-dealkylation sites (N-methyl/N-ethyl adjacent to an activating group) is 1. The van der Waals surface area contributed by atoms with E-state index < -0.39 is 0 Å². The van der Waals surface area contributed by atoms with Gasteiger partial charge in [0.25, 0.3) is 11.8 Å². The number of hydrogen-bond donors (Lipinski definition) is 0.